The molecule has 1 N–H and O–H groups in total. The summed E-state index contributed by atoms with van der Waals surface area (Å²) in [5.74, 6) is 0.416. The minimum atomic E-state index is -0.225. The smallest absolute Gasteiger partial charge is 0.235 e. The number of nitrogens with one attached hydrogen (secondary N) is 1. The van der Waals surface area contributed by atoms with Gasteiger partial charge in [0.1, 0.15) is 11.9 Å². The number of amides is 1. The van der Waals surface area contributed by atoms with Crippen molar-refractivity contribution in [2.45, 2.75) is 51.4 Å². The van der Waals surface area contributed by atoms with Gasteiger partial charge in [0, 0.05) is 12.3 Å². The molecule has 0 aliphatic carbocycles. The van der Waals surface area contributed by atoms with Gasteiger partial charge in [-0.3, -0.25) is 4.79 Å². The number of carbonyl (C=O) groups excluding carboxylic acids is 1. The molecule has 1 amide bonds. The zero-order valence-electron chi connectivity index (χ0n) is 18.3. The summed E-state index contributed by atoms with van der Waals surface area (Å²) in [5.41, 5.74) is 4.22. The first kappa shape index (κ1) is 22.0. The number of rotatable bonds is 7. The number of para-hydroxylation sites is 1. The van der Waals surface area contributed by atoms with Crippen LogP contribution in [0.5, 0.6) is 0 Å². The maximum absolute atomic E-state index is 12.8. The second kappa shape index (κ2) is 9.54. The Morgan fingerprint density at radius 1 is 1.34 bits per heavy atom. The van der Waals surface area contributed by atoms with Crippen molar-refractivity contribution in [1.82, 2.24) is 24.8 Å². The number of hydrogen-bond acceptors (Lipinski definition) is 7. The summed E-state index contributed by atoms with van der Waals surface area (Å²) >= 11 is 1.25. The van der Waals surface area contributed by atoms with Crippen LogP contribution in [0.4, 0.5) is 5.82 Å². The molecule has 1 aliphatic rings. The number of benzene rings is 1. The molecule has 4 rings (SSSR count). The van der Waals surface area contributed by atoms with E-state index in [0.717, 1.165) is 42.0 Å². The number of tetrazole rings is 1. The molecule has 1 atom stereocenters. The standard InChI is InChI=1S/C22H25N7O2S/c1-14-7-4-5-9-19(14)29-22(25-26-27-29)32-13-20(30)24-21-18(11-23)15(2)16(3)28(21)12-17-8-6-10-31-17/h4-5,7,9,17H,6,8,10,12-13H2,1-3H3,(H,24,30). The van der Waals surface area contributed by atoms with Crippen LogP contribution < -0.4 is 5.32 Å². The Morgan fingerprint density at radius 3 is 2.88 bits per heavy atom. The minimum absolute atomic E-state index is 0.0933. The van der Waals surface area contributed by atoms with Gasteiger partial charge in [-0.15, -0.1) is 5.10 Å². The maximum atomic E-state index is 12.8. The lowest BCUT2D eigenvalue weighted by Gasteiger charge is -2.16. The van der Waals surface area contributed by atoms with Gasteiger partial charge in [-0.05, 0) is 61.2 Å². The van der Waals surface area contributed by atoms with Gasteiger partial charge in [-0.1, -0.05) is 30.0 Å². The monoisotopic (exact) mass is 451 g/mol. The Balaban J connectivity index is 1.50. The van der Waals surface area contributed by atoms with Crippen molar-refractivity contribution >= 4 is 23.5 Å². The summed E-state index contributed by atoms with van der Waals surface area (Å²) in [6.07, 6.45) is 2.10. The van der Waals surface area contributed by atoms with E-state index < -0.39 is 0 Å². The van der Waals surface area contributed by atoms with E-state index in [0.29, 0.717) is 23.1 Å². The fourth-order valence-corrected chi connectivity index (χ4v) is 4.55. The number of thioether (sulfide) groups is 1. The number of nitriles is 1. The minimum Gasteiger partial charge on any atom is -0.376 e. The van der Waals surface area contributed by atoms with Crippen LogP contribution in [-0.4, -0.2) is 49.1 Å². The Bertz CT molecular complexity index is 1170. The highest BCUT2D eigenvalue weighted by atomic mass is 32.2. The number of aromatic nitrogens is 5. The van der Waals surface area contributed by atoms with Gasteiger partial charge in [0.05, 0.1) is 29.7 Å². The van der Waals surface area contributed by atoms with Crippen molar-refractivity contribution in [2.75, 3.05) is 17.7 Å². The third-order valence-corrected chi connectivity index (χ3v) is 6.65. The van der Waals surface area contributed by atoms with Crippen LogP contribution in [0.25, 0.3) is 5.69 Å². The summed E-state index contributed by atoms with van der Waals surface area (Å²) in [6.45, 7) is 7.21. The Kier molecular flexibility index (Phi) is 6.58. The van der Waals surface area contributed by atoms with Crippen molar-refractivity contribution in [2.24, 2.45) is 0 Å². The largest absolute Gasteiger partial charge is 0.376 e. The molecular weight excluding hydrogens is 426 g/mol. The Morgan fingerprint density at radius 2 is 2.16 bits per heavy atom. The van der Waals surface area contributed by atoms with Crippen LogP contribution >= 0.6 is 11.8 Å². The first-order valence-corrected chi connectivity index (χ1v) is 11.5. The number of carbonyl (C=O) groups is 1. The van der Waals surface area contributed by atoms with Gasteiger partial charge in [0.25, 0.3) is 0 Å². The fourth-order valence-electron chi connectivity index (χ4n) is 3.87. The molecule has 32 heavy (non-hydrogen) atoms. The van der Waals surface area contributed by atoms with Crippen LogP contribution in [0.2, 0.25) is 0 Å². The SMILES string of the molecule is Cc1ccccc1-n1nnnc1SCC(=O)Nc1c(C#N)c(C)c(C)n1CC1CCCO1. The number of anilines is 1. The normalized spacial score (nSPS) is 15.6. The predicted molar refractivity (Wildman–Crippen MR) is 121 cm³/mol. The third kappa shape index (κ3) is 4.40. The average molecular weight is 452 g/mol. The summed E-state index contributed by atoms with van der Waals surface area (Å²) in [6, 6.07) is 10.0. The second-order valence-corrected chi connectivity index (χ2v) is 8.73. The summed E-state index contributed by atoms with van der Waals surface area (Å²) in [5, 5.41) is 25.1. The summed E-state index contributed by atoms with van der Waals surface area (Å²) in [7, 11) is 0. The Labute approximate surface area is 190 Å². The predicted octanol–water partition coefficient (Wildman–Crippen LogP) is 3.17. The summed E-state index contributed by atoms with van der Waals surface area (Å²) in [4.78, 5) is 12.8. The van der Waals surface area contributed by atoms with E-state index >= 15 is 0 Å². The molecule has 0 spiro atoms. The van der Waals surface area contributed by atoms with Gasteiger partial charge in [0.15, 0.2) is 0 Å². The number of nitrogens with zero attached hydrogens (tertiary/aromatic N) is 6. The van der Waals surface area contributed by atoms with E-state index in [1.54, 1.807) is 4.68 Å². The molecule has 1 saturated heterocycles. The molecule has 1 unspecified atom stereocenters. The van der Waals surface area contributed by atoms with Crippen LogP contribution in [0.1, 0.15) is 35.2 Å². The lowest BCUT2D eigenvalue weighted by Crippen LogP contribution is -2.22. The van der Waals surface area contributed by atoms with Crippen LogP contribution in [0.15, 0.2) is 29.4 Å². The third-order valence-electron chi connectivity index (χ3n) is 5.73. The molecule has 0 bridgehead atoms. The summed E-state index contributed by atoms with van der Waals surface area (Å²) < 4.78 is 9.39. The van der Waals surface area contributed by atoms with Gasteiger partial charge >= 0.3 is 0 Å². The van der Waals surface area contributed by atoms with Gasteiger partial charge in [-0.2, -0.15) is 9.94 Å². The zero-order valence-corrected chi connectivity index (χ0v) is 19.1. The molecule has 1 aliphatic heterocycles. The van der Waals surface area contributed by atoms with Crippen molar-refractivity contribution in [3.63, 3.8) is 0 Å². The van der Waals surface area contributed by atoms with Gasteiger partial charge in [0.2, 0.25) is 11.1 Å². The molecule has 0 saturated carbocycles. The van der Waals surface area contributed by atoms with Gasteiger partial charge in [-0.25, -0.2) is 0 Å². The van der Waals surface area contributed by atoms with E-state index in [-0.39, 0.29) is 17.8 Å². The van der Waals surface area contributed by atoms with E-state index in [1.807, 2.05) is 49.6 Å². The van der Waals surface area contributed by atoms with E-state index in [4.69, 9.17) is 4.74 Å². The molecule has 1 aromatic carbocycles. The fraction of sp³-hybridized carbons (Fsp3) is 0.409. The zero-order chi connectivity index (χ0) is 22.7. The Hall–Kier alpha value is -3.16. The van der Waals surface area contributed by atoms with Crippen LogP contribution in [0.3, 0.4) is 0 Å². The van der Waals surface area contributed by atoms with Crippen molar-refractivity contribution < 1.29 is 9.53 Å². The van der Waals surface area contributed by atoms with Crippen molar-refractivity contribution in [3.05, 3.63) is 46.6 Å². The van der Waals surface area contributed by atoms with E-state index in [9.17, 15) is 10.1 Å². The van der Waals surface area contributed by atoms with Gasteiger partial charge < -0.3 is 14.6 Å². The molecule has 3 heterocycles. The molecule has 3 aromatic rings. The molecule has 166 valence electrons. The van der Waals surface area contributed by atoms with E-state index in [2.05, 4.69) is 26.9 Å². The topological polar surface area (TPSA) is 111 Å². The maximum Gasteiger partial charge on any atom is 0.235 e. The molecule has 9 nitrogen and oxygen atoms in total. The highest BCUT2D eigenvalue weighted by molar-refractivity contribution is 7.99. The molecule has 1 fully saturated rings. The van der Waals surface area contributed by atoms with Crippen LogP contribution in [0, 0.1) is 32.1 Å². The lowest BCUT2D eigenvalue weighted by molar-refractivity contribution is -0.113. The number of aryl methyl sites for hydroxylation is 1. The van der Waals surface area contributed by atoms with E-state index in [1.165, 1.54) is 11.8 Å². The van der Waals surface area contributed by atoms with Crippen molar-refractivity contribution in [3.8, 4) is 11.8 Å². The first-order chi connectivity index (χ1) is 15.5. The molecular formula is C22H25N7O2S. The quantitative estimate of drug-likeness (QED) is 0.549. The first-order valence-electron chi connectivity index (χ1n) is 10.5. The number of ether oxygens (including phenoxy) is 1. The lowest BCUT2D eigenvalue weighted by atomic mass is 10.2. The highest BCUT2D eigenvalue weighted by Crippen LogP contribution is 2.29. The molecule has 0 radical (unpaired) electrons. The molecule has 2 aromatic heterocycles. The second-order valence-electron chi connectivity index (χ2n) is 7.79. The number of hydrogen-bond donors (Lipinski definition) is 1. The van der Waals surface area contributed by atoms with Crippen molar-refractivity contribution in [1.29, 1.82) is 5.26 Å². The van der Waals surface area contributed by atoms with Crippen LogP contribution in [-0.2, 0) is 16.1 Å². The average Bonchev–Trinajstić information content (AvgIpc) is 3.51. The highest BCUT2D eigenvalue weighted by Gasteiger charge is 2.24. The molecule has 10 heteroatoms.